The maximum absolute atomic E-state index is 10.8. The number of hydrogen-bond acceptors (Lipinski definition) is 2. The smallest absolute Gasteiger partial charge is 0.325 e. The van der Waals surface area contributed by atoms with E-state index in [-0.39, 0.29) is 0 Å². The van der Waals surface area contributed by atoms with Crippen molar-refractivity contribution < 1.29 is 19.8 Å². The van der Waals surface area contributed by atoms with Crippen LogP contribution in [0, 0.1) is 5.92 Å². The van der Waals surface area contributed by atoms with Crippen molar-refractivity contribution in [3.05, 3.63) is 12.2 Å². The van der Waals surface area contributed by atoms with Crippen LogP contribution in [0.1, 0.15) is 12.8 Å². The molecule has 0 amide bonds. The predicted octanol–water partition coefficient (Wildman–Crippen LogP) is 1.26. The fourth-order valence-corrected chi connectivity index (χ4v) is 1.98. The molecule has 0 saturated carbocycles. The highest BCUT2D eigenvalue weighted by atomic mass is 79.9. The van der Waals surface area contributed by atoms with E-state index in [1.165, 1.54) is 6.08 Å². The van der Waals surface area contributed by atoms with Crippen molar-refractivity contribution in [1.29, 1.82) is 0 Å². The normalized spacial score (nSPS) is 32.8. The van der Waals surface area contributed by atoms with Crippen LogP contribution in [-0.4, -0.2) is 26.5 Å². The van der Waals surface area contributed by atoms with E-state index in [2.05, 4.69) is 15.9 Å². The zero-order chi connectivity index (χ0) is 10.1. The first kappa shape index (κ1) is 10.2. The van der Waals surface area contributed by atoms with Gasteiger partial charge in [-0.1, -0.05) is 28.1 Å². The molecule has 1 aliphatic rings. The van der Waals surface area contributed by atoms with Crippen molar-refractivity contribution >= 4 is 27.9 Å². The summed E-state index contributed by atoms with van der Waals surface area (Å²) in [5.41, 5.74) is 0. The lowest BCUT2D eigenvalue weighted by Gasteiger charge is -2.28. The summed E-state index contributed by atoms with van der Waals surface area (Å²) in [5, 5.41) is 17.7. The zero-order valence-corrected chi connectivity index (χ0v) is 8.32. The van der Waals surface area contributed by atoms with E-state index in [0.717, 1.165) is 0 Å². The van der Waals surface area contributed by atoms with Gasteiger partial charge in [0.2, 0.25) is 0 Å². The van der Waals surface area contributed by atoms with E-state index >= 15 is 0 Å². The molecule has 5 heteroatoms. The Labute approximate surface area is 83.4 Å². The van der Waals surface area contributed by atoms with E-state index in [9.17, 15) is 9.59 Å². The van der Waals surface area contributed by atoms with Crippen molar-refractivity contribution in [2.45, 2.75) is 17.2 Å². The molecule has 2 unspecified atom stereocenters. The fourth-order valence-electron chi connectivity index (χ4n) is 1.37. The number of rotatable bonds is 2. The van der Waals surface area contributed by atoms with Crippen molar-refractivity contribution in [3.8, 4) is 0 Å². The van der Waals surface area contributed by atoms with Gasteiger partial charge in [0.25, 0.3) is 0 Å². The monoisotopic (exact) mass is 248 g/mol. The minimum absolute atomic E-state index is 0.351. The molecule has 0 saturated heterocycles. The number of halogens is 1. The lowest BCUT2D eigenvalue weighted by Crippen LogP contribution is -2.43. The number of carbonyl (C=O) groups is 2. The van der Waals surface area contributed by atoms with Gasteiger partial charge in [-0.25, -0.2) is 0 Å². The van der Waals surface area contributed by atoms with Crippen molar-refractivity contribution in [2.75, 3.05) is 0 Å². The first-order valence-electron chi connectivity index (χ1n) is 3.81. The van der Waals surface area contributed by atoms with Crippen LogP contribution in [0.3, 0.4) is 0 Å². The lowest BCUT2D eigenvalue weighted by atomic mass is 9.84. The summed E-state index contributed by atoms with van der Waals surface area (Å²) in [4.78, 5) is 21.6. The van der Waals surface area contributed by atoms with Crippen LogP contribution in [0.25, 0.3) is 0 Å². The molecule has 0 aromatic heterocycles. The van der Waals surface area contributed by atoms with Gasteiger partial charge in [-0.05, 0) is 12.8 Å². The predicted molar refractivity (Wildman–Crippen MR) is 48.8 cm³/mol. The van der Waals surface area contributed by atoms with Gasteiger partial charge in [0.05, 0.1) is 5.92 Å². The average Bonchev–Trinajstić information content (AvgIpc) is 2.04. The number of carboxylic acid groups (broad SMARTS) is 2. The lowest BCUT2D eigenvalue weighted by molar-refractivity contribution is -0.150. The van der Waals surface area contributed by atoms with Gasteiger partial charge in [-0.3, -0.25) is 9.59 Å². The first-order chi connectivity index (χ1) is 5.98. The highest BCUT2D eigenvalue weighted by molar-refractivity contribution is 9.10. The third-order valence-corrected chi connectivity index (χ3v) is 3.27. The molecule has 0 aromatic rings. The first-order valence-corrected chi connectivity index (χ1v) is 4.60. The summed E-state index contributed by atoms with van der Waals surface area (Å²) >= 11 is 2.96. The molecular weight excluding hydrogens is 240 g/mol. The fraction of sp³-hybridized carbons (Fsp3) is 0.500. The molecule has 2 N–H and O–H groups in total. The van der Waals surface area contributed by atoms with Gasteiger partial charge in [-0.15, -0.1) is 0 Å². The molecule has 72 valence electrons. The molecule has 0 bridgehead atoms. The summed E-state index contributed by atoms with van der Waals surface area (Å²) in [6.07, 6.45) is 4.04. The second-order valence-corrected chi connectivity index (χ2v) is 4.26. The summed E-state index contributed by atoms with van der Waals surface area (Å²) in [6.45, 7) is 0. The summed E-state index contributed by atoms with van der Waals surface area (Å²) in [5.74, 6) is -3.13. The second kappa shape index (κ2) is 3.49. The highest BCUT2D eigenvalue weighted by Gasteiger charge is 2.46. The van der Waals surface area contributed by atoms with Crippen molar-refractivity contribution in [3.63, 3.8) is 0 Å². The van der Waals surface area contributed by atoms with Crippen LogP contribution in [0.2, 0.25) is 0 Å². The molecule has 1 rings (SSSR count). The topological polar surface area (TPSA) is 74.6 Å². The van der Waals surface area contributed by atoms with Crippen molar-refractivity contribution in [1.82, 2.24) is 0 Å². The number of allylic oxidation sites excluding steroid dienone is 1. The molecule has 1 aliphatic carbocycles. The van der Waals surface area contributed by atoms with Crippen LogP contribution in [0.15, 0.2) is 12.2 Å². The van der Waals surface area contributed by atoms with Gasteiger partial charge in [0.1, 0.15) is 0 Å². The Morgan fingerprint density at radius 2 is 2.08 bits per heavy atom. The van der Waals surface area contributed by atoms with E-state index in [1.807, 2.05) is 0 Å². The Morgan fingerprint density at radius 3 is 2.46 bits per heavy atom. The maximum atomic E-state index is 10.8. The molecule has 0 heterocycles. The molecule has 4 nitrogen and oxygen atoms in total. The van der Waals surface area contributed by atoms with Gasteiger partial charge >= 0.3 is 11.9 Å². The third kappa shape index (κ3) is 1.75. The molecule has 13 heavy (non-hydrogen) atoms. The minimum atomic E-state index is -1.43. The van der Waals surface area contributed by atoms with Gasteiger partial charge in [-0.2, -0.15) is 0 Å². The molecule has 0 fully saturated rings. The minimum Gasteiger partial charge on any atom is -0.481 e. The standard InChI is InChI=1S/C8H9BrO4/c9-8(7(12)13)4-2-1-3-5(8)6(10)11/h2,4-5H,1,3H2,(H,10,11)(H,12,13). The van der Waals surface area contributed by atoms with Crippen molar-refractivity contribution in [2.24, 2.45) is 5.92 Å². The Hall–Kier alpha value is -0.840. The third-order valence-electron chi connectivity index (χ3n) is 2.12. The summed E-state index contributed by atoms with van der Waals surface area (Å²) in [6, 6.07) is 0. The summed E-state index contributed by atoms with van der Waals surface area (Å²) < 4.78 is -1.43. The number of hydrogen-bond donors (Lipinski definition) is 2. The Kier molecular flexibility index (Phi) is 2.75. The Morgan fingerprint density at radius 1 is 1.46 bits per heavy atom. The molecular formula is C8H9BrO4. The molecule has 0 spiro atoms. The van der Waals surface area contributed by atoms with Crippen LogP contribution in [-0.2, 0) is 9.59 Å². The highest BCUT2D eigenvalue weighted by Crippen LogP contribution is 2.36. The second-order valence-electron chi connectivity index (χ2n) is 2.94. The van der Waals surface area contributed by atoms with E-state index in [1.54, 1.807) is 6.08 Å². The van der Waals surface area contributed by atoms with E-state index in [0.29, 0.717) is 12.8 Å². The van der Waals surface area contributed by atoms with Gasteiger partial charge in [0, 0.05) is 0 Å². The Balaban J connectivity index is 3.02. The van der Waals surface area contributed by atoms with E-state index < -0.39 is 22.2 Å². The van der Waals surface area contributed by atoms with Crippen LogP contribution in [0.4, 0.5) is 0 Å². The van der Waals surface area contributed by atoms with Crippen LogP contribution >= 0.6 is 15.9 Å². The Bertz CT molecular complexity index is 273. The SMILES string of the molecule is O=C(O)C1CCC=CC1(Br)C(=O)O. The maximum Gasteiger partial charge on any atom is 0.325 e. The average molecular weight is 249 g/mol. The van der Waals surface area contributed by atoms with Crippen LogP contribution in [0.5, 0.6) is 0 Å². The van der Waals surface area contributed by atoms with Gasteiger partial charge in [0.15, 0.2) is 4.32 Å². The molecule has 0 aromatic carbocycles. The van der Waals surface area contributed by atoms with E-state index in [4.69, 9.17) is 10.2 Å². The quantitative estimate of drug-likeness (QED) is 0.570. The largest absolute Gasteiger partial charge is 0.481 e. The number of carboxylic acids is 2. The summed E-state index contributed by atoms with van der Waals surface area (Å²) in [7, 11) is 0. The zero-order valence-electron chi connectivity index (χ0n) is 6.74. The molecule has 0 radical (unpaired) electrons. The number of aliphatic carboxylic acids is 2. The molecule has 0 aliphatic heterocycles. The number of alkyl halides is 1. The van der Waals surface area contributed by atoms with Gasteiger partial charge < -0.3 is 10.2 Å². The molecule has 2 atom stereocenters. The van der Waals surface area contributed by atoms with Crippen LogP contribution < -0.4 is 0 Å².